The molecular weight excluding hydrogens is 1010 g/mol. The van der Waals surface area contributed by atoms with E-state index in [1.807, 2.05) is 0 Å². The van der Waals surface area contributed by atoms with Crippen LogP contribution in [-0.4, -0.2) is 124 Å². The van der Waals surface area contributed by atoms with E-state index >= 15 is 4.39 Å². The highest BCUT2D eigenvalue weighted by Crippen LogP contribution is 2.49. The van der Waals surface area contributed by atoms with E-state index in [1.165, 1.54) is 27.7 Å². The molecule has 1 saturated carbocycles. The number of unbranched alkanes of at least 4 members (excludes halogenated alkanes) is 2. The summed E-state index contributed by atoms with van der Waals surface area (Å²) in [5.74, 6) is -4.86. The van der Waals surface area contributed by atoms with Gasteiger partial charge in [-0.1, -0.05) is 43.7 Å². The number of halogens is 1. The molecule has 4 atom stereocenters. The summed E-state index contributed by atoms with van der Waals surface area (Å²) in [5.41, 5.74) is 1.28. The van der Waals surface area contributed by atoms with Crippen LogP contribution in [0, 0.1) is 18.2 Å². The van der Waals surface area contributed by atoms with E-state index < -0.39 is 83.4 Å². The first kappa shape index (κ1) is 54.9. The number of hydrogen-bond acceptors (Lipinski definition) is 14. The van der Waals surface area contributed by atoms with Crippen molar-refractivity contribution < 1.29 is 62.4 Å². The van der Waals surface area contributed by atoms with Crippen LogP contribution in [0.4, 0.5) is 4.39 Å². The Hall–Kier alpha value is -7.89. The fourth-order valence-electron chi connectivity index (χ4n) is 10.6. The standard InChI is InChI=1S/C55H62FN9O13/c1-3-55(76)35-21-40-49-33(26-65(40)51(73)34(35)27-78-53(55)75)48-37(14-13-32-30(2)36(56)22-38(62-49)47(32)48)63-52(74)54(17-18-54)28-77-29-60-43(68)24-59-50(72)39(20-31-10-6-4-7-11-31)61-44(69)25-58-42(67)23-57-41(66)12-8-5-9-19-64-45(70)15-16-46(64)71/h4,6-7,10-11,15-16,21-22,37,39,45,70,76H,3,5,8-9,12-14,17-20,23-29H2,1-2H3,(H,57,66)(H,58,67)(H,59,72)(H,60,68)(H,61,69)(H,63,74)/t37-,39-,45?,55-/m0/s1. The third-order valence-corrected chi connectivity index (χ3v) is 15.3. The van der Waals surface area contributed by atoms with Gasteiger partial charge in [0.15, 0.2) is 5.60 Å². The van der Waals surface area contributed by atoms with Gasteiger partial charge in [0, 0.05) is 48.0 Å². The SMILES string of the molecule is CC[C@@]1(O)C(=O)OCc2c1cc1n(c2=O)Cc2c-1nc1cc(F)c(C)c3c1c2[C@@H](NC(=O)C1(COCNC(=O)CNC(=O)[C@H](Cc2ccccc2)NC(=O)CNC(=O)CNC(=O)CCCCCN2C(=O)C=CC2O)CC1)CC3. The summed E-state index contributed by atoms with van der Waals surface area (Å²) in [6.45, 7) is 1.74. The number of fused-ring (bicyclic) bond motifs is 5. The third-order valence-electron chi connectivity index (χ3n) is 15.3. The number of pyridine rings is 2. The lowest BCUT2D eigenvalue weighted by Gasteiger charge is -2.31. The lowest BCUT2D eigenvalue weighted by atomic mass is 9.81. The van der Waals surface area contributed by atoms with E-state index in [0.717, 1.165) is 5.56 Å². The molecule has 1 fully saturated rings. The number of carbonyl (C=O) groups excluding carboxylic acids is 8. The van der Waals surface area contributed by atoms with Crippen LogP contribution in [0.1, 0.15) is 103 Å². The van der Waals surface area contributed by atoms with Crippen molar-refractivity contribution in [1.29, 1.82) is 0 Å². The summed E-state index contributed by atoms with van der Waals surface area (Å²) in [6.07, 6.45) is 5.47. The monoisotopic (exact) mass is 1080 g/mol. The first-order chi connectivity index (χ1) is 37.4. The molecule has 23 heteroatoms. The molecule has 5 heterocycles. The van der Waals surface area contributed by atoms with Crippen molar-refractivity contribution in [2.45, 2.75) is 115 Å². The quantitative estimate of drug-likeness (QED) is 0.0256. The van der Waals surface area contributed by atoms with Gasteiger partial charge in [-0.2, -0.15) is 0 Å². The fourth-order valence-corrected chi connectivity index (χ4v) is 10.6. The number of cyclic esters (lactones) is 1. The number of ether oxygens (including phenoxy) is 2. The van der Waals surface area contributed by atoms with Gasteiger partial charge in [-0.3, -0.25) is 38.4 Å². The van der Waals surface area contributed by atoms with Gasteiger partial charge >= 0.3 is 5.97 Å². The summed E-state index contributed by atoms with van der Waals surface area (Å²) in [5, 5.41) is 37.7. The summed E-state index contributed by atoms with van der Waals surface area (Å²) in [6, 6.07) is 10.1. The van der Waals surface area contributed by atoms with Crippen LogP contribution in [0.2, 0.25) is 0 Å². The molecule has 78 heavy (non-hydrogen) atoms. The Morgan fingerprint density at radius 3 is 2.37 bits per heavy atom. The van der Waals surface area contributed by atoms with Gasteiger partial charge in [-0.15, -0.1) is 0 Å². The number of benzene rings is 2. The Kier molecular flexibility index (Phi) is 16.2. The van der Waals surface area contributed by atoms with Crippen molar-refractivity contribution in [1.82, 2.24) is 46.4 Å². The first-order valence-corrected chi connectivity index (χ1v) is 26.2. The van der Waals surface area contributed by atoms with Gasteiger partial charge in [0.1, 0.15) is 31.4 Å². The summed E-state index contributed by atoms with van der Waals surface area (Å²) in [4.78, 5) is 123. The van der Waals surface area contributed by atoms with E-state index in [9.17, 15) is 53.4 Å². The summed E-state index contributed by atoms with van der Waals surface area (Å²) in [7, 11) is 0. The average Bonchev–Trinajstić information content (AvgIpc) is 4.25. The largest absolute Gasteiger partial charge is 0.458 e. The minimum atomic E-state index is -2.04. The molecule has 5 aliphatic rings. The maximum atomic E-state index is 15.5. The smallest absolute Gasteiger partial charge is 0.343 e. The summed E-state index contributed by atoms with van der Waals surface area (Å²) < 4.78 is 28.0. The molecule has 3 aliphatic heterocycles. The number of nitrogens with one attached hydrogen (secondary N) is 6. The van der Waals surface area contributed by atoms with Crippen molar-refractivity contribution in [2.75, 3.05) is 39.5 Å². The zero-order chi connectivity index (χ0) is 55.5. The van der Waals surface area contributed by atoms with Crippen molar-refractivity contribution in [3.8, 4) is 11.4 Å². The molecule has 0 spiro atoms. The number of amides is 7. The highest BCUT2D eigenvalue weighted by atomic mass is 19.1. The maximum Gasteiger partial charge on any atom is 0.343 e. The topological polar surface area (TPSA) is 306 Å². The van der Waals surface area contributed by atoms with Gasteiger partial charge in [-0.25, -0.2) is 14.2 Å². The molecule has 7 amide bonds. The molecular formula is C55H62FN9O13. The minimum absolute atomic E-state index is 0.0384. The molecule has 1 unspecified atom stereocenters. The van der Waals surface area contributed by atoms with Gasteiger partial charge in [0.2, 0.25) is 41.4 Å². The highest BCUT2D eigenvalue weighted by molar-refractivity contribution is 5.96. The van der Waals surface area contributed by atoms with Crippen LogP contribution in [0.15, 0.2) is 59.4 Å². The molecule has 22 nitrogen and oxygen atoms in total. The predicted molar refractivity (Wildman–Crippen MR) is 275 cm³/mol. The lowest BCUT2D eigenvalue weighted by molar-refractivity contribution is -0.172. The Bertz CT molecular complexity index is 3200. The Balaban J connectivity index is 0.750. The van der Waals surface area contributed by atoms with E-state index in [1.54, 1.807) is 50.2 Å². The van der Waals surface area contributed by atoms with E-state index in [-0.39, 0.29) is 81.1 Å². The van der Waals surface area contributed by atoms with Crippen LogP contribution in [-0.2, 0) is 79.4 Å². The number of esters is 1. The van der Waals surface area contributed by atoms with E-state index in [2.05, 4.69) is 31.9 Å². The second-order valence-corrected chi connectivity index (χ2v) is 20.4. The van der Waals surface area contributed by atoms with Crippen molar-refractivity contribution >= 4 is 58.2 Å². The summed E-state index contributed by atoms with van der Waals surface area (Å²) >= 11 is 0. The van der Waals surface area contributed by atoms with Gasteiger partial charge in [0.05, 0.1) is 66.7 Å². The van der Waals surface area contributed by atoms with Crippen molar-refractivity contribution in [3.05, 3.63) is 110 Å². The van der Waals surface area contributed by atoms with Crippen LogP contribution in [0.5, 0.6) is 0 Å². The minimum Gasteiger partial charge on any atom is -0.458 e. The second kappa shape index (κ2) is 23.0. The lowest BCUT2D eigenvalue weighted by Crippen LogP contribution is -2.52. The number of nitrogens with zero attached hydrogens (tertiary/aromatic N) is 3. The van der Waals surface area contributed by atoms with E-state index in [4.69, 9.17) is 14.5 Å². The number of hydrogen-bond donors (Lipinski definition) is 8. The number of aliphatic hydroxyl groups excluding tert-OH is 1. The normalized spacial score (nSPS) is 19.5. The molecule has 2 aromatic heterocycles. The van der Waals surface area contributed by atoms with Crippen molar-refractivity contribution in [2.24, 2.45) is 5.41 Å². The number of aliphatic hydroxyl groups is 2. The van der Waals surface area contributed by atoms with Crippen LogP contribution < -0.4 is 37.5 Å². The number of carbonyl (C=O) groups is 8. The fraction of sp³-hybridized carbons (Fsp3) is 0.455. The molecule has 9 rings (SSSR count). The second-order valence-electron chi connectivity index (χ2n) is 20.4. The number of rotatable bonds is 23. The molecule has 2 aromatic carbocycles. The van der Waals surface area contributed by atoms with Gasteiger partial charge in [0.25, 0.3) is 5.56 Å². The van der Waals surface area contributed by atoms with Crippen LogP contribution in [0.3, 0.4) is 0 Å². The molecule has 0 radical (unpaired) electrons. The highest BCUT2D eigenvalue weighted by Gasteiger charge is 2.51. The Morgan fingerprint density at radius 2 is 1.64 bits per heavy atom. The molecule has 0 bridgehead atoms. The van der Waals surface area contributed by atoms with Gasteiger partial charge < -0.3 is 61.1 Å². The molecule has 2 aliphatic carbocycles. The number of aromatic nitrogens is 2. The van der Waals surface area contributed by atoms with Gasteiger partial charge in [-0.05, 0) is 86.3 Å². The molecule has 8 N–H and O–H groups in total. The maximum absolute atomic E-state index is 15.5. The van der Waals surface area contributed by atoms with Crippen molar-refractivity contribution in [3.63, 3.8) is 0 Å². The zero-order valence-corrected chi connectivity index (χ0v) is 43.3. The number of aryl methyl sites for hydroxylation is 1. The zero-order valence-electron chi connectivity index (χ0n) is 43.3. The Labute approximate surface area is 446 Å². The van der Waals surface area contributed by atoms with Crippen LogP contribution in [0.25, 0.3) is 22.3 Å². The van der Waals surface area contributed by atoms with Crippen LogP contribution >= 0.6 is 0 Å². The first-order valence-electron chi connectivity index (χ1n) is 26.2. The molecule has 4 aromatic rings. The van der Waals surface area contributed by atoms with E-state index in [0.29, 0.717) is 96.0 Å². The molecule has 0 saturated heterocycles. The Morgan fingerprint density at radius 1 is 0.910 bits per heavy atom. The third kappa shape index (κ3) is 11.4. The molecule has 412 valence electrons. The average molecular weight is 1080 g/mol. The predicted octanol–water partition coefficient (Wildman–Crippen LogP) is 0.854.